The van der Waals surface area contributed by atoms with Crippen molar-refractivity contribution in [3.05, 3.63) is 87.9 Å². The Bertz CT molecular complexity index is 1240. The molecule has 9 heteroatoms. The van der Waals surface area contributed by atoms with Gasteiger partial charge in [-0.25, -0.2) is 0 Å². The molecule has 1 saturated heterocycles. The Kier molecular flexibility index (Phi) is 7.53. The minimum absolute atomic E-state index is 0.281. The number of aldehydes is 1. The van der Waals surface area contributed by atoms with Gasteiger partial charge in [-0.3, -0.25) is 9.80 Å². The van der Waals surface area contributed by atoms with Gasteiger partial charge in [0, 0.05) is 37.7 Å². The minimum Gasteiger partial charge on any atom is -0.406 e. The van der Waals surface area contributed by atoms with E-state index in [9.17, 15) is 18.0 Å². The molecule has 2 aliphatic rings. The number of nitrogens with zero attached hydrogens (tertiary/aromatic N) is 2. The number of morpholine rings is 1. The topological polar surface area (TPSA) is 42.0 Å². The molecule has 3 aromatic rings. The van der Waals surface area contributed by atoms with Gasteiger partial charge in [-0.2, -0.15) is 0 Å². The van der Waals surface area contributed by atoms with Crippen molar-refractivity contribution < 1.29 is 27.4 Å². The second kappa shape index (κ2) is 10.8. The van der Waals surface area contributed by atoms with Crippen molar-refractivity contribution in [3.63, 3.8) is 0 Å². The van der Waals surface area contributed by atoms with Gasteiger partial charge in [0.05, 0.1) is 19.3 Å². The first kappa shape index (κ1) is 25.7. The molecule has 0 bridgehead atoms. The van der Waals surface area contributed by atoms with Gasteiger partial charge in [0.25, 0.3) is 0 Å². The molecule has 0 radical (unpaired) electrons. The fourth-order valence-electron chi connectivity index (χ4n) is 4.96. The van der Waals surface area contributed by atoms with E-state index in [0.717, 1.165) is 67.0 Å². The van der Waals surface area contributed by atoms with Crippen molar-refractivity contribution >= 4 is 17.9 Å². The monoisotopic (exact) mass is 530 g/mol. The van der Waals surface area contributed by atoms with Crippen LogP contribution in [0.4, 0.5) is 13.2 Å². The number of alkyl halides is 3. The summed E-state index contributed by atoms with van der Waals surface area (Å²) < 4.78 is 46.7. The third-order valence-corrected chi connectivity index (χ3v) is 7.06. The smallest absolute Gasteiger partial charge is 0.406 e. The Morgan fingerprint density at radius 1 is 0.946 bits per heavy atom. The molecule has 0 aromatic heterocycles. The van der Waals surface area contributed by atoms with Crippen LogP contribution in [0.3, 0.4) is 0 Å². The number of benzene rings is 3. The summed E-state index contributed by atoms with van der Waals surface area (Å²) in [5, 5.41) is 0.526. The first-order valence-corrected chi connectivity index (χ1v) is 12.4. The van der Waals surface area contributed by atoms with Crippen LogP contribution in [0, 0.1) is 0 Å². The van der Waals surface area contributed by atoms with Crippen molar-refractivity contribution in [3.8, 4) is 16.9 Å². The number of rotatable bonds is 7. The Balaban J connectivity index is 1.30. The maximum Gasteiger partial charge on any atom is 0.573 e. The average Bonchev–Trinajstić information content (AvgIpc) is 3.23. The highest BCUT2D eigenvalue weighted by atomic mass is 35.5. The van der Waals surface area contributed by atoms with E-state index in [1.54, 1.807) is 12.1 Å². The SMILES string of the molecule is O=CC1c2c(Cl)cc(-c3ccc(CN4CCOCC4)cc3)cc2CN1Cc1ccc(OC(F)(F)F)cc1. The predicted molar refractivity (Wildman–Crippen MR) is 134 cm³/mol. The zero-order chi connectivity index (χ0) is 26.0. The Morgan fingerprint density at radius 3 is 2.24 bits per heavy atom. The number of halogens is 4. The highest BCUT2D eigenvalue weighted by molar-refractivity contribution is 6.32. The van der Waals surface area contributed by atoms with Crippen LogP contribution in [-0.4, -0.2) is 48.8 Å². The molecule has 0 amide bonds. The van der Waals surface area contributed by atoms with Crippen LogP contribution in [-0.2, 0) is 29.2 Å². The zero-order valence-electron chi connectivity index (χ0n) is 20.0. The molecule has 0 spiro atoms. The third-order valence-electron chi connectivity index (χ3n) is 6.75. The molecule has 1 unspecified atom stereocenters. The maximum atomic E-state index is 12.4. The van der Waals surface area contributed by atoms with Gasteiger partial charge in [0.1, 0.15) is 12.0 Å². The van der Waals surface area contributed by atoms with E-state index in [1.807, 2.05) is 11.0 Å². The second-order valence-corrected chi connectivity index (χ2v) is 9.70. The van der Waals surface area contributed by atoms with E-state index in [0.29, 0.717) is 18.1 Å². The molecule has 2 aliphatic heterocycles. The van der Waals surface area contributed by atoms with E-state index in [1.165, 1.54) is 17.7 Å². The molecular formula is C28H26ClF3N2O3. The van der Waals surface area contributed by atoms with Crippen molar-refractivity contribution in [2.24, 2.45) is 0 Å². The van der Waals surface area contributed by atoms with Gasteiger partial charge in [0.15, 0.2) is 0 Å². The molecule has 1 fully saturated rings. The zero-order valence-corrected chi connectivity index (χ0v) is 20.8. The van der Waals surface area contributed by atoms with Crippen LogP contribution in [0.15, 0.2) is 60.7 Å². The van der Waals surface area contributed by atoms with Gasteiger partial charge >= 0.3 is 6.36 Å². The summed E-state index contributed by atoms with van der Waals surface area (Å²) in [4.78, 5) is 16.4. The summed E-state index contributed by atoms with van der Waals surface area (Å²) in [6.45, 7) is 5.16. The highest BCUT2D eigenvalue weighted by Crippen LogP contribution is 2.41. The summed E-state index contributed by atoms with van der Waals surface area (Å²) in [7, 11) is 0. The van der Waals surface area contributed by atoms with E-state index in [4.69, 9.17) is 16.3 Å². The van der Waals surface area contributed by atoms with Gasteiger partial charge < -0.3 is 14.3 Å². The van der Waals surface area contributed by atoms with Gasteiger partial charge in [0.2, 0.25) is 0 Å². The van der Waals surface area contributed by atoms with Crippen LogP contribution in [0.25, 0.3) is 11.1 Å². The minimum atomic E-state index is -4.74. The lowest BCUT2D eigenvalue weighted by molar-refractivity contribution is -0.274. The van der Waals surface area contributed by atoms with Crippen molar-refractivity contribution in [2.75, 3.05) is 26.3 Å². The van der Waals surface area contributed by atoms with E-state index in [-0.39, 0.29) is 5.75 Å². The molecular weight excluding hydrogens is 505 g/mol. The standard InChI is InChI=1S/C28H26ClF3N2O3/c29-25-14-22(21-5-1-19(2-6-21)15-33-9-11-36-12-10-33)13-23-17-34(26(18-35)27(23)25)16-20-3-7-24(8-4-20)37-28(30,31)32/h1-8,13-14,18,26H,9-12,15-17H2. The summed E-state index contributed by atoms with van der Waals surface area (Å²) in [5.41, 5.74) is 5.76. The largest absolute Gasteiger partial charge is 0.573 e. The molecule has 2 heterocycles. The van der Waals surface area contributed by atoms with Crippen LogP contribution >= 0.6 is 11.6 Å². The van der Waals surface area contributed by atoms with Crippen molar-refractivity contribution in [1.29, 1.82) is 0 Å². The molecule has 0 aliphatic carbocycles. The average molecular weight is 531 g/mol. The van der Waals surface area contributed by atoms with Crippen LogP contribution in [0.2, 0.25) is 5.02 Å². The first-order valence-electron chi connectivity index (χ1n) is 12.0. The van der Waals surface area contributed by atoms with E-state index < -0.39 is 12.4 Å². The fourth-order valence-corrected chi connectivity index (χ4v) is 5.31. The lowest BCUT2D eigenvalue weighted by atomic mass is 9.97. The summed E-state index contributed by atoms with van der Waals surface area (Å²) in [5.74, 6) is -0.281. The fraction of sp³-hybridized carbons (Fsp3) is 0.321. The predicted octanol–water partition coefficient (Wildman–Crippen LogP) is 5.99. The molecule has 3 aromatic carbocycles. The lowest BCUT2D eigenvalue weighted by Crippen LogP contribution is -2.35. The van der Waals surface area contributed by atoms with Gasteiger partial charge in [-0.05, 0) is 57.6 Å². The van der Waals surface area contributed by atoms with Crippen molar-refractivity contribution in [2.45, 2.75) is 32.0 Å². The quantitative estimate of drug-likeness (QED) is 0.351. The number of hydrogen-bond donors (Lipinski definition) is 0. The number of hydrogen-bond acceptors (Lipinski definition) is 5. The van der Waals surface area contributed by atoms with Gasteiger partial charge in [-0.15, -0.1) is 13.2 Å². The third kappa shape index (κ3) is 6.15. The number of ether oxygens (including phenoxy) is 2. The van der Waals surface area contributed by atoms with Gasteiger partial charge in [-0.1, -0.05) is 48.0 Å². The number of carbonyl (C=O) groups excluding carboxylic acids is 1. The second-order valence-electron chi connectivity index (χ2n) is 9.29. The normalized spacial score (nSPS) is 18.5. The van der Waals surface area contributed by atoms with Crippen molar-refractivity contribution in [1.82, 2.24) is 9.80 Å². The summed E-state index contributed by atoms with van der Waals surface area (Å²) >= 11 is 6.68. The summed E-state index contributed by atoms with van der Waals surface area (Å²) in [6, 6.07) is 17.5. The molecule has 37 heavy (non-hydrogen) atoms. The number of fused-ring (bicyclic) bond motifs is 1. The van der Waals surface area contributed by atoms with E-state index in [2.05, 4.69) is 40.0 Å². The first-order chi connectivity index (χ1) is 17.8. The Hall–Kier alpha value is -2.91. The number of carbonyl (C=O) groups is 1. The molecule has 0 N–H and O–H groups in total. The Labute approximate surface area is 218 Å². The molecule has 194 valence electrons. The molecule has 5 rings (SSSR count). The summed E-state index contributed by atoms with van der Waals surface area (Å²) in [6.07, 6.45) is -3.88. The Morgan fingerprint density at radius 2 is 1.59 bits per heavy atom. The highest BCUT2D eigenvalue weighted by Gasteiger charge is 2.33. The molecule has 5 nitrogen and oxygen atoms in total. The lowest BCUT2D eigenvalue weighted by Gasteiger charge is -2.26. The van der Waals surface area contributed by atoms with Crippen LogP contribution < -0.4 is 4.74 Å². The van der Waals surface area contributed by atoms with Crippen LogP contribution in [0.1, 0.15) is 28.3 Å². The molecule has 0 saturated carbocycles. The maximum absolute atomic E-state index is 12.4. The van der Waals surface area contributed by atoms with Crippen LogP contribution in [0.5, 0.6) is 5.75 Å². The van der Waals surface area contributed by atoms with E-state index >= 15 is 0 Å². The molecule has 1 atom stereocenters.